The number of aromatic hydroxyl groups is 2. The highest BCUT2D eigenvalue weighted by atomic mass is 16.3. The van der Waals surface area contributed by atoms with Crippen molar-refractivity contribution in [1.82, 2.24) is 5.32 Å². The molecule has 0 spiro atoms. The number of amides is 1. The third kappa shape index (κ3) is 2.15. The zero-order valence-corrected chi connectivity index (χ0v) is 11.8. The second-order valence-corrected chi connectivity index (χ2v) is 6.41. The SMILES string of the molecule is CC1(C)C(CNC(=O)c2ccc(O)c(O)c2)C1(C)C. The Morgan fingerprint density at radius 1 is 1.16 bits per heavy atom. The van der Waals surface area contributed by atoms with Crippen LogP contribution in [0.4, 0.5) is 0 Å². The van der Waals surface area contributed by atoms with Crippen molar-refractivity contribution in [1.29, 1.82) is 0 Å². The first-order valence-electron chi connectivity index (χ1n) is 6.48. The van der Waals surface area contributed by atoms with Gasteiger partial charge in [0, 0.05) is 12.1 Å². The Bertz CT molecular complexity index is 506. The number of hydrogen-bond acceptors (Lipinski definition) is 3. The van der Waals surface area contributed by atoms with Crippen LogP contribution in [0.3, 0.4) is 0 Å². The minimum absolute atomic E-state index is 0.221. The standard InChI is InChI=1S/C15H21NO3/c1-14(2)12(15(14,3)4)8-16-13(19)9-5-6-10(17)11(18)7-9/h5-7,12,17-18H,8H2,1-4H3,(H,16,19). The van der Waals surface area contributed by atoms with Gasteiger partial charge in [-0.15, -0.1) is 0 Å². The average Bonchev–Trinajstić information content (AvgIpc) is 2.70. The average molecular weight is 263 g/mol. The van der Waals surface area contributed by atoms with E-state index >= 15 is 0 Å². The summed E-state index contributed by atoms with van der Waals surface area (Å²) >= 11 is 0. The van der Waals surface area contributed by atoms with Gasteiger partial charge in [-0.2, -0.15) is 0 Å². The van der Waals surface area contributed by atoms with Gasteiger partial charge >= 0.3 is 0 Å². The van der Waals surface area contributed by atoms with Crippen LogP contribution in [0.1, 0.15) is 38.1 Å². The summed E-state index contributed by atoms with van der Waals surface area (Å²) in [5.41, 5.74) is 0.820. The smallest absolute Gasteiger partial charge is 0.251 e. The van der Waals surface area contributed by atoms with Crippen molar-refractivity contribution in [2.75, 3.05) is 6.54 Å². The van der Waals surface area contributed by atoms with Crippen molar-refractivity contribution in [3.8, 4) is 11.5 Å². The van der Waals surface area contributed by atoms with E-state index in [-0.39, 0.29) is 28.2 Å². The van der Waals surface area contributed by atoms with Gasteiger partial charge in [-0.3, -0.25) is 4.79 Å². The highest BCUT2D eigenvalue weighted by molar-refractivity contribution is 5.94. The maximum absolute atomic E-state index is 12.0. The van der Waals surface area contributed by atoms with Gasteiger partial charge in [-0.25, -0.2) is 0 Å². The van der Waals surface area contributed by atoms with Crippen LogP contribution in [0.5, 0.6) is 11.5 Å². The molecular weight excluding hydrogens is 242 g/mol. The van der Waals surface area contributed by atoms with Crippen LogP contribution in [-0.4, -0.2) is 22.7 Å². The Kier molecular flexibility index (Phi) is 3.00. The molecule has 1 fully saturated rings. The molecule has 4 nitrogen and oxygen atoms in total. The molecule has 19 heavy (non-hydrogen) atoms. The fraction of sp³-hybridized carbons (Fsp3) is 0.533. The zero-order chi connectivity index (χ0) is 14.4. The van der Waals surface area contributed by atoms with E-state index in [1.807, 2.05) is 0 Å². The summed E-state index contributed by atoms with van der Waals surface area (Å²) in [6.45, 7) is 9.44. The third-order valence-electron chi connectivity index (χ3n) is 5.02. The van der Waals surface area contributed by atoms with Crippen molar-refractivity contribution >= 4 is 5.91 Å². The minimum Gasteiger partial charge on any atom is -0.504 e. The Labute approximate surface area is 113 Å². The zero-order valence-electron chi connectivity index (χ0n) is 11.8. The first kappa shape index (κ1) is 13.7. The Balaban J connectivity index is 1.98. The van der Waals surface area contributed by atoms with Gasteiger partial charge < -0.3 is 15.5 Å². The second-order valence-electron chi connectivity index (χ2n) is 6.41. The van der Waals surface area contributed by atoms with E-state index in [1.54, 1.807) is 0 Å². The predicted octanol–water partition coefficient (Wildman–Crippen LogP) is 2.51. The maximum atomic E-state index is 12.0. The van der Waals surface area contributed by atoms with E-state index in [9.17, 15) is 15.0 Å². The van der Waals surface area contributed by atoms with E-state index in [2.05, 4.69) is 33.0 Å². The fourth-order valence-electron chi connectivity index (χ4n) is 2.81. The van der Waals surface area contributed by atoms with E-state index in [0.717, 1.165) is 0 Å². The number of phenolic OH excluding ortho intramolecular Hbond substituents is 2. The van der Waals surface area contributed by atoms with Gasteiger partial charge in [0.2, 0.25) is 0 Å². The lowest BCUT2D eigenvalue weighted by atomic mass is 10.0. The number of hydrogen-bond donors (Lipinski definition) is 3. The molecule has 1 amide bonds. The molecular formula is C15H21NO3. The fourth-order valence-corrected chi connectivity index (χ4v) is 2.81. The van der Waals surface area contributed by atoms with Gasteiger partial charge in [0.05, 0.1) is 0 Å². The molecule has 3 N–H and O–H groups in total. The summed E-state index contributed by atoms with van der Waals surface area (Å²) in [4.78, 5) is 12.0. The van der Waals surface area contributed by atoms with E-state index < -0.39 is 0 Å². The van der Waals surface area contributed by atoms with Crippen molar-refractivity contribution in [2.24, 2.45) is 16.7 Å². The molecule has 1 aliphatic carbocycles. The third-order valence-corrected chi connectivity index (χ3v) is 5.02. The molecule has 0 bridgehead atoms. The molecule has 0 aromatic heterocycles. The summed E-state index contributed by atoms with van der Waals surface area (Å²) in [6, 6.07) is 4.08. The van der Waals surface area contributed by atoms with E-state index in [4.69, 9.17) is 0 Å². The van der Waals surface area contributed by atoms with Crippen molar-refractivity contribution < 1.29 is 15.0 Å². The Hall–Kier alpha value is -1.71. The number of carbonyl (C=O) groups excluding carboxylic acids is 1. The highest BCUT2D eigenvalue weighted by Gasteiger charge is 2.64. The van der Waals surface area contributed by atoms with Gasteiger partial charge in [-0.1, -0.05) is 27.7 Å². The van der Waals surface area contributed by atoms with Gasteiger partial charge in [0.25, 0.3) is 5.91 Å². The van der Waals surface area contributed by atoms with Crippen molar-refractivity contribution in [3.63, 3.8) is 0 Å². The Morgan fingerprint density at radius 2 is 1.74 bits per heavy atom. The van der Waals surface area contributed by atoms with Crippen LogP contribution in [0.15, 0.2) is 18.2 Å². The molecule has 0 unspecified atom stereocenters. The molecule has 1 saturated carbocycles. The largest absolute Gasteiger partial charge is 0.504 e. The molecule has 0 radical (unpaired) electrons. The van der Waals surface area contributed by atoms with Gasteiger partial charge in [-0.05, 0) is 34.9 Å². The normalized spacial score (nSPS) is 20.0. The number of rotatable bonds is 3. The summed E-state index contributed by atoms with van der Waals surface area (Å²) in [6.07, 6.45) is 0. The van der Waals surface area contributed by atoms with Crippen LogP contribution in [0, 0.1) is 16.7 Å². The maximum Gasteiger partial charge on any atom is 0.251 e. The summed E-state index contributed by atoms with van der Waals surface area (Å²) in [5, 5.41) is 21.5. The minimum atomic E-state index is -0.278. The number of benzene rings is 1. The molecule has 1 aliphatic rings. The highest BCUT2D eigenvalue weighted by Crippen LogP contribution is 2.67. The molecule has 0 atom stereocenters. The van der Waals surface area contributed by atoms with Crippen LogP contribution in [-0.2, 0) is 0 Å². The topological polar surface area (TPSA) is 69.6 Å². The summed E-state index contributed by atoms with van der Waals surface area (Å²) in [7, 11) is 0. The van der Waals surface area contributed by atoms with Crippen LogP contribution >= 0.6 is 0 Å². The van der Waals surface area contributed by atoms with E-state index in [0.29, 0.717) is 18.0 Å². The monoisotopic (exact) mass is 263 g/mol. The first-order chi connectivity index (χ1) is 8.68. The van der Waals surface area contributed by atoms with Crippen molar-refractivity contribution in [3.05, 3.63) is 23.8 Å². The van der Waals surface area contributed by atoms with Crippen LogP contribution < -0.4 is 5.32 Å². The molecule has 1 aromatic carbocycles. The molecule has 0 saturated heterocycles. The summed E-state index contributed by atoms with van der Waals surface area (Å²) in [5.74, 6) is -0.274. The molecule has 104 valence electrons. The van der Waals surface area contributed by atoms with Crippen LogP contribution in [0.2, 0.25) is 0 Å². The Morgan fingerprint density at radius 3 is 2.21 bits per heavy atom. The lowest BCUT2D eigenvalue weighted by Crippen LogP contribution is -2.27. The van der Waals surface area contributed by atoms with E-state index in [1.165, 1.54) is 18.2 Å². The molecule has 0 heterocycles. The number of nitrogens with one attached hydrogen (secondary N) is 1. The lowest BCUT2D eigenvalue weighted by Gasteiger charge is -2.07. The quantitative estimate of drug-likeness (QED) is 0.734. The molecule has 4 heteroatoms. The lowest BCUT2D eigenvalue weighted by molar-refractivity contribution is 0.0949. The molecule has 0 aliphatic heterocycles. The first-order valence-corrected chi connectivity index (χ1v) is 6.48. The number of phenols is 2. The van der Waals surface area contributed by atoms with Crippen molar-refractivity contribution in [2.45, 2.75) is 27.7 Å². The van der Waals surface area contributed by atoms with Gasteiger partial charge in [0.1, 0.15) is 0 Å². The molecule has 2 rings (SSSR count). The predicted molar refractivity (Wildman–Crippen MR) is 73.2 cm³/mol. The van der Waals surface area contributed by atoms with Crippen LogP contribution in [0.25, 0.3) is 0 Å². The second kappa shape index (κ2) is 4.15. The summed E-state index contributed by atoms with van der Waals surface area (Å²) < 4.78 is 0. The molecule has 1 aromatic rings. The van der Waals surface area contributed by atoms with Gasteiger partial charge in [0.15, 0.2) is 11.5 Å². The number of carbonyl (C=O) groups is 1.